The predicted octanol–water partition coefficient (Wildman–Crippen LogP) is 5.48. The maximum Gasteiger partial charge on any atom is 0.372 e. The standard InChI is InChI=1S/C27H31ClN2O4S/c1-19(29-26(35-2)21-9-11-23(28)12-10-21)13-15-34-18-20-6-5-14-30(17-20)24-8-4-3-7-22(24)16-25(31)27(32)33/h3-4,7-13,20H,5-6,14-18H2,1-2H3,(H,32,33)/b19-13+,29-26?. The van der Waals surface area contributed by atoms with Crippen LogP contribution in [-0.4, -0.2) is 54.5 Å². The molecule has 0 amide bonds. The Hall–Kier alpha value is -2.61. The van der Waals surface area contributed by atoms with E-state index in [1.807, 2.05) is 67.8 Å². The molecule has 1 N–H and O–H groups in total. The van der Waals surface area contributed by atoms with E-state index in [2.05, 4.69) is 4.90 Å². The third kappa shape index (κ3) is 8.23. The molecule has 2 aromatic rings. The lowest BCUT2D eigenvalue weighted by molar-refractivity contribution is -0.148. The Labute approximate surface area is 216 Å². The minimum absolute atomic E-state index is 0.0954. The Morgan fingerprint density at radius 1 is 1.23 bits per heavy atom. The summed E-state index contributed by atoms with van der Waals surface area (Å²) >= 11 is 7.57. The molecule has 35 heavy (non-hydrogen) atoms. The number of anilines is 1. The number of carboxylic acid groups (broad SMARTS) is 1. The van der Waals surface area contributed by atoms with E-state index >= 15 is 0 Å². The van der Waals surface area contributed by atoms with Gasteiger partial charge in [0.05, 0.1) is 13.2 Å². The van der Waals surface area contributed by atoms with E-state index in [0.717, 1.165) is 53.5 Å². The summed E-state index contributed by atoms with van der Waals surface area (Å²) in [6.07, 6.45) is 5.98. The molecule has 1 heterocycles. The Morgan fingerprint density at radius 2 is 1.97 bits per heavy atom. The van der Waals surface area contributed by atoms with E-state index in [4.69, 9.17) is 26.4 Å². The van der Waals surface area contributed by atoms with Crippen molar-refractivity contribution in [1.29, 1.82) is 0 Å². The molecule has 1 unspecified atom stereocenters. The van der Waals surface area contributed by atoms with Gasteiger partial charge in [0, 0.05) is 41.5 Å². The molecule has 186 valence electrons. The van der Waals surface area contributed by atoms with Crippen molar-refractivity contribution in [2.75, 3.05) is 37.5 Å². The Morgan fingerprint density at radius 3 is 2.69 bits per heavy atom. The van der Waals surface area contributed by atoms with Crippen molar-refractivity contribution < 1.29 is 19.4 Å². The lowest BCUT2D eigenvalue weighted by atomic mass is 9.97. The number of hydrogen-bond acceptors (Lipinski definition) is 6. The lowest BCUT2D eigenvalue weighted by Gasteiger charge is -2.35. The van der Waals surface area contributed by atoms with E-state index in [9.17, 15) is 9.59 Å². The van der Waals surface area contributed by atoms with Crippen molar-refractivity contribution in [2.45, 2.75) is 26.2 Å². The number of aliphatic imine (C=N–C) groups is 1. The fourth-order valence-electron chi connectivity index (χ4n) is 4.08. The van der Waals surface area contributed by atoms with Gasteiger partial charge in [-0.1, -0.05) is 41.9 Å². The second-order valence-electron chi connectivity index (χ2n) is 8.50. The molecule has 1 fully saturated rings. The summed E-state index contributed by atoms with van der Waals surface area (Å²) in [5.74, 6) is -1.82. The first-order valence-corrected chi connectivity index (χ1v) is 13.2. The van der Waals surface area contributed by atoms with Gasteiger partial charge >= 0.3 is 5.97 Å². The number of ketones is 1. The van der Waals surface area contributed by atoms with Crippen molar-refractivity contribution in [3.8, 4) is 0 Å². The summed E-state index contributed by atoms with van der Waals surface area (Å²) < 4.78 is 5.96. The summed E-state index contributed by atoms with van der Waals surface area (Å²) in [5.41, 5.74) is 3.61. The number of rotatable bonds is 10. The normalized spacial score (nSPS) is 16.9. The number of allylic oxidation sites excluding steroid dienone is 1. The van der Waals surface area contributed by atoms with Gasteiger partial charge in [-0.25, -0.2) is 9.79 Å². The van der Waals surface area contributed by atoms with Crippen LogP contribution in [0.2, 0.25) is 5.02 Å². The molecule has 1 aliphatic rings. The van der Waals surface area contributed by atoms with Gasteiger partial charge in [0.25, 0.3) is 0 Å². The number of benzene rings is 2. The van der Waals surface area contributed by atoms with Gasteiger partial charge in [-0.3, -0.25) is 4.79 Å². The third-order valence-corrected chi connectivity index (χ3v) is 6.82. The summed E-state index contributed by atoms with van der Waals surface area (Å²) in [6, 6.07) is 15.2. The van der Waals surface area contributed by atoms with E-state index in [1.54, 1.807) is 11.8 Å². The maximum atomic E-state index is 11.8. The summed E-state index contributed by atoms with van der Waals surface area (Å²) in [5, 5.41) is 10.6. The fraction of sp³-hybridized carbons (Fsp3) is 0.370. The van der Waals surface area contributed by atoms with Gasteiger partial charge in [-0.15, -0.1) is 11.8 Å². The molecular formula is C27H31ClN2O4S. The first kappa shape index (κ1) is 27.0. The van der Waals surface area contributed by atoms with Gasteiger partial charge < -0.3 is 14.7 Å². The van der Waals surface area contributed by atoms with E-state index in [1.165, 1.54) is 0 Å². The van der Waals surface area contributed by atoms with Crippen LogP contribution in [0.1, 0.15) is 30.9 Å². The van der Waals surface area contributed by atoms with Crippen LogP contribution in [-0.2, 0) is 20.7 Å². The third-order valence-electron chi connectivity index (χ3n) is 5.85. The van der Waals surface area contributed by atoms with Gasteiger partial charge in [-0.2, -0.15) is 0 Å². The molecule has 0 aromatic heterocycles. The minimum Gasteiger partial charge on any atom is -0.475 e. The highest BCUT2D eigenvalue weighted by Crippen LogP contribution is 2.27. The number of piperidine rings is 1. The van der Waals surface area contributed by atoms with Crippen LogP contribution in [0.15, 0.2) is 65.3 Å². The molecule has 0 spiro atoms. The topological polar surface area (TPSA) is 79.2 Å². The average molecular weight is 515 g/mol. The molecular weight excluding hydrogens is 484 g/mol. The number of carboxylic acids is 1. The molecule has 0 aliphatic carbocycles. The molecule has 0 bridgehead atoms. The zero-order valence-corrected chi connectivity index (χ0v) is 21.6. The molecule has 2 aromatic carbocycles. The van der Waals surface area contributed by atoms with Crippen molar-refractivity contribution in [2.24, 2.45) is 10.9 Å². The number of ether oxygens (including phenoxy) is 1. The number of carbonyl (C=O) groups is 2. The number of para-hydroxylation sites is 1. The maximum absolute atomic E-state index is 11.8. The second-order valence-corrected chi connectivity index (χ2v) is 9.73. The summed E-state index contributed by atoms with van der Waals surface area (Å²) in [4.78, 5) is 29.7. The molecule has 8 heteroatoms. The number of thioether (sulfide) groups is 1. The van der Waals surface area contributed by atoms with Crippen molar-refractivity contribution in [3.05, 3.63) is 76.5 Å². The van der Waals surface area contributed by atoms with Crippen molar-refractivity contribution in [3.63, 3.8) is 0 Å². The van der Waals surface area contributed by atoms with E-state index in [0.29, 0.717) is 24.2 Å². The second kappa shape index (κ2) is 13.5. The van der Waals surface area contributed by atoms with Gasteiger partial charge in [-0.05, 0) is 61.8 Å². The monoisotopic (exact) mass is 514 g/mol. The van der Waals surface area contributed by atoms with Crippen LogP contribution in [0.4, 0.5) is 5.69 Å². The highest BCUT2D eigenvalue weighted by molar-refractivity contribution is 8.13. The first-order valence-electron chi connectivity index (χ1n) is 11.6. The van der Waals surface area contributed by atoms with Gasteiger partial charge in [0.15, 0.2) is 0 Å². The largest absolute Gasteiger partial charge is 0.475 e. The zero-order valence-electron chi connectivity index (χ0n) is 20.1. The van der Waals surface area contributed by atoms with Gasteiger partial charge in [0.1, 0.15) is 5.04 Å². The summed E-state index contributed by atoms with van der Waals surface area (Å²) in [7, 11) is 0. The minimum atomic E-state index is -1.39. The molecule has 1 saturated heterocycles. The van der Waals surface area contributed by atoms with Crippen LogP contribution in [0.25, 0.3) is 0 Å². The van der Waals surface area contributed by atoms with Crippen LogP contribution >= 0.6 is 23.4 Å². The molecule has 3 rings (SSSR count). The number of halogens is 1. The Balaban J connectivity index is 1.54. The number of hydrogen-bond donors (Lipinski definition) is 1. The van der Waals surface area contributed by atoms with Crippen molar-refractivity contribution >= 4 is 45.8 Å². The molecule has 0 radical (unpaired) electrons. The lowest BCUT2D eigenvalue weighted by Crippen LogP contribution is -2.38. The summed E-state index contributed by atoms with van der Waals surface area (Å²) in [6.45, 7) is 4.77. The quantitative estimate of drug-likeness (QED) is 0.196. The molecule has 0 saturated carbocycles. The smallest absolute Gasteiger partial charge is 0.372 e. The fourth-order valence-corrected chi connectivity index (χ4v) is 4.81. The van der Waals surface area contributed by atoms with Crippen LogP contribution in [0.5, 0.6) is 0 Å². The van der Waals surface area contributed by atoms with Gasteiger partial charge in [0.2, 0.25) is 5.78 Å². The zero-order chi connectivity index (χ0) is 25.2. The first-order chi connectivity index (χ1) is 16.9. The highest BCUT2D eigenvalue weighted by atomic mass is 35.5. The molecule has 1 aliphatic heterocycles. The van der Waals surface area contributed by atoms with E-state index < -0.39 is 11.8 Å². The highest BCUT2D eigenvalue weighted by Gasteiger charge is 2.23. The number of Topliss-reactive ketones (excluding diaryl/α,β-unsaturated/α-hetero) is 1. The number of nitrogens with zero attached hydrogens (tertiary/aromatic N) is 2. The average Bonchev–Trinajstić information content (AvgIpc) is 2.86. The van der Waals surface area contributed by atoms with Crippen LogP contribution < -0.4 is 4.90 Å². The van der Waals surface area contributed by atoms with Crippen LogP contribution in [0, 0.1) is 5.92 Å². The predicted molar refractivity (Wildman–Crippen MR) is 144 cm³/mol. The molecule has 6 nitrogen and oxygen atoms in total. The molecule has 1 atom stereocenters. The SMILES string of the molecule is CSC(=N/C(C)=C/COCC1CCCN(c2ccccc2CC(=O)C(=O)O)C1)c1ccc(Cl)cc1. The van der Waals surface area contributed by atoms with E-state index in [-0.39, 0.29) is 6.42 Å². The van der Waals surface area contributed by atoms with Crippen LogP contribution in [0.3, 0.4) is 0 Å². The van der Waals surface area contributed by atoms with Crippen molar-refractivity contribution in [1.82, 2.24) is 0 Å². The Bertz CT molecular complexity index is 1080. The Kier molecular flexibility index (Phi) is 10.4. The number of carbonyl (C=O) groups excluding carboxylic acids is 1. The number of aliphatic carboxylic acids is 1.